The van der Waals surface area contributed by atoms with Gasteiger partial charge < -0.3 is 25.4 Å². The molecule has 3 N–H and O–H groups in total. The number of hydrogen-bond acceptors (Lipinski definition) is 8. The standard InChI is InChI=1S/C35H43N5O5S/c1-2-45-26-11-12-28-30(21-26)46-34(38-28)39-31(41)23-40-17-13-27-25(22-40)10-6-7-14-35(15-18-44-19-16-35)33(43)37-29(32(42)36-27)20-24-8-4-3-5-9-24/h3-9,11-12,21,25,27,29H,2,10,13-20,22-23H2,1H3,(H,36,42)(H,37,43)(H,38,39,41)/t25-,27-,29-/m0/s1. The Balaban J connectivity index is 1.14. The molecule has 46 heavy (non-hydrogen) atoms. The number of hydrogen-bond donors (Lipinski definition) is 3. The second kappa shape index (κ2) is 14.7. The highest BCUT2D eigenvalue weighted by Gasteiger charge is 2.41. The maximum Gasteiger partial charge on any atom is 0.243 e. The third-order valence-electron chi connectivity index (χ3n) is 9.38. The van der Waals surface area contributed by atoms with Crippen LogP contribution in [0.1, 0.15) is 44.6 Å². The van der Waals surface area contributed by atoms with Gasteiger partial charge in [-0.25, -0.2) is 4.98 Å². The zero-order chi connectivity index (χ0) is 31.9. The zero-order valence-corrected chi connectivity index (χ0v) is 27.2. The van der Waals surface area contributed by atoms with Crippen LogP contribution in [-0.2, 0) is 25.5 Å². The van der Waals surface area contributed by atoms with E-state index < -0.39 is 11.5 Å². The molecule has 3 amide bonds. The van der Waals surface area contributed by atoms with Crippen molar-refractivity contribution in [1.29, 1.82) is 0 Å². The van der Waals surface area contributed by atoms with Gasteiger partial charge in [-0.15, -0.1) is 0 Å². The molecule has 244 valence electrons. The summed E-state index contributed by atoms with van der Waals surface area (Å²) in [6.07, 6.45) is 8.03. The molecule has 11 heteroatoms. The van der Waals surface area contributed by atoms with E-state index in [4.69, 9.17) is 9.47 Å². The number of amides is 3. The molecule has 1 aromatic heterocycles. The van der Waals surface area contributed by atoms with Gasteiger partial charge in [0.25, 0.3) is 0 Å². The van der Waals surface area contributed by atoms with E-state index in [1.165, 1.54) is 11.3 Å². The number of ether oxygens (including phenoxy) is 2. The lowest BCUT2D eigenvalue weighted by Crippen LogP contribution is -2.58. The highest BCUT2D eigenvalue weighted by Crippen LogP contribution is 2.36. The lowest BCUT2D eigenvalue weighted by atomic mass is 9.75. The first-order valence-electron chi connectivity index (χ1n) is 16.3. The number of aromatic nitrogens is 1. The van der Waals surface area contributed by atoms with Crippen molar-refractivity contribution in [2.24, 2.45) is 11.3 Å². The summed E-state index contributed by atoms with van der Waals surface area (Å²) in [5, 5.41) is 10.0. The molecule has 3 aliphatic rings. The number of benzene rings is 2. The summed E-state index contributed by atoms with van der Waals surface area (Å²) in [6, 6.07) is 14.8. The van der Waals surface area contributed by atoms with Crippen LogP contribution in [0.5, 0.6) is 5.75 Å². The van der Waals surface area contributed by atoms with Gasteiger partial charge in [0.15, 0.2) is 5.13 Å². The van der Waals surface area contributed by atoms with Gasteiger partial charge >= 0.3 is 0 Å². The predicted octanol–water partition coefficient (Wildman–Crippen LogP) is 4.31. The zero-order valence-electron chi connectivity index (χ0n) is 26.3. The van der Waals surface area contributed by atoms with E-state index in [-0.39, 0.29) is 36.2 Å². The number of carbonyl (C=O) groups excluding carboxylic acids is 3. The van der Waals surface area contributed by atoms with E-state index in [1.54, 1.807) is 0 Å². The molecule has 2 fully saturated rings. The minimum absolute atomic E-state index is 0.0631. The largest absolute Gasteiger partial charge is 0.494 e. The third-order valence-corrected chi connectivity index (χ3v) is 10.3. The van der Waals surface area contributed by atoms with Gasteiger partial charge in [0.2, 0.25) is 17.7 Å². The smallest absolute Gasteiger partial charge is 0.243 e. The number of piperidine rings is 1. The second-order valence-corrected chi connectivity index (χ2v) is 13.6. The van der Waals surface area contributed by atoms with Crippen LogP contribution >= 0.6 is 11.3 Å². The molecule has 4 heterocycles. The van der Waals surface area contributed by atoms with Crippen LogP contribution < -0.4 is 20.7 Å². The fourth-order valence-electron chi connectivity index (χ4n) is 6.78. The topological polar surface area (TPSA) is 122 Å². The average molecular weight is 646 g/mol. The number of fused-ring (bicyclic) bond motifs is 2. The predicted molar refractivity (Wildman–Crippen MR) is 179 cm³/mol. The van der Waals surface area contributed by atoms with Gasteiger partial charge in [-0.1, -0.05) is 53.8 Å². The summed E-state index contributed by atoms with van der Waals surface area (Å²) in [4.78, 5) is 47.5. The number of nitrogens with zero attached hydrogens (tertiary/aromatic N) is 2. The molecule has 0 saturated carbocycles. The molecule has 0 aliphatic carbocycles. The van der Waals surface area contributed by atoms with Gasteiger partial charge in [-0.05, 0) is 68.7 Å². The van der Waals surface area contributed by atoms with Crippen LogP contribution in [0.3, 0.4) is 0 Å². The molecule has 0 unspecified atom stereocenters. The van der Waals surface area contributed by atoms with Crippen molar-refractivity contribution >= 4 is 44.4 Å². The molecule has 0 radical (unpaired) electrons. The highest BCUT2D eigenvalue weighted by molar-refractivity contribution is 7.22. The van der Waals surface area contributed by atoms with Crippen LogP contribution in [0.15, 0.2) is 60.7 Å². The Labute approximate surface area is 273 Å². The first kappa shape index (κ1) is 32.2. The molecule has 3 aromatic rings. The van der Waals surface area contributed by atoms with Gasteiger partial charge in [0.1, 0.15) is 11.8 Å². The van der Waals surface area contributed by atoms with E-state index in [0.29, 0.717) is 70.1 Å². The molecule has 2 aromatic carbocycles. The van der Waals surface area contributed by atoms with Gasteiger partial charge in [-0.2, -0.15) is 0 Å². The maximum atomic E-state index is 13.8. The van der Waals surface area contributed by atoms with Crippen molar-refractivity contribution < 1.29 is 23.9 Å². The number of likely N-dealkylation sites (tertiary alicyclic amines) is 1. The monoisotopic (exact) mass is 645 g/mol. The summed E-state index contributed by atoms with van der Waals surface area (Å²) in [7, 11) is 0. The molecular weight excluding hydrogens is 602 g/mol. The van der Waals surface area contributed by atoms with E-state index >= 15 is 0 Å². The van der Waals surface area contributed by atoms with Crippen LogP contribution in [0, 0.1) is 11.3 Å². The van der Waals surface area contributed by atoms with Crippen LogP contribution in [-0.4, -0.2) is 79.1 Å². The summed E-state index contributed by atoms with van der Waals surface area (Å²) in [5.41, 5.74) is 1.23. The number of allylic oxidation sites excluding steroid dienone is 2. The Morgan fingerprint density at radius 2 is 1.96 bits per heavy atom. The van der Waals surface area contributed by atoms with Gasteiger partial charge in [-0.3, -0.25) is 19.3 Å². The Bertz CT molecular complexity index is 1550. The Hall–Kier alpha value is -3.80. The van der Waals surface area contributed by atoms with E-state index in [0.717, 1.165) is 28.0 Å². The van der Waals surface area contributed by atoms with Crippen molar-refractivity contribution in [3.05, 3.63) is 66.2 Å². The van der Waals surface area contributed by atoms with E-state index in [1.807, 2.05) is 55.5 Å². The number of nitrogens with one attached hydrogen (secondary N) is 3. The highest BCUT2D eigenvalue weighted by atomic mass is 32.1. The second-order valence-electron chi connectivity index (χ2n) is 12.5. The Kier molecular flexibility index (Phi) is 10.3. The molecule has 10 nitrogen and oxygen atoms in total. The van der Waals surface area contributed by atoms with Crippen LogP contribution in [0.2, 0.25) is 0 Å². The summed E-state index contributed by atoms with van der Waals surface area (Å²) in [6.45, 7) is 5.20. The molecule has 1 spiro atoms. The third kappa shape index (κ3) is 7.76. The number of anilines is 1. The normalized spacial score (nSPS) is 23.9. The van der Waals surface area contributed by atoms with Crippen molar-refractivity contribution in [2.45, 2.75) is 57.5 Å². The van der Waals surface area contributed by atoms with E-state index in [2.05, 4.69) is 38.0 Å². The summed E-state index contributed by atoms with van der Waals surface area (Å²) < 4.78 is 12.2. The van der Waals surface area contributed by atoms with Crippen LogP contribution in [0.25, 0.3) is 10.2 Å². The lowest BCUT2D eigenvalue weighted by Gasteiger charge is -2.40. The lowest BCUT2D eigenvalue weighted by molar-refractivity contribution is -0.140. The molecule has 3 aliphatic heterocycles. The fraction of sp³-hybridized carbons (Fsp3) is 0.486. The minimum Gasteiger partial charge on any atom is -0.494 e. The molecule has 3 atom stereocenters. The number of carbonyl (C=O) groups is 3. The molecule has 6 rings (SSSR count). The molecule has 2 saturated heterocycles. The van der Waals surface area contributed by atoms with Crippen molar-refractivity contribution in [3.8, 4) is 5.75 Å². The van der Waals surface area contributed by atoms with Crippen molar-refractivity contribution in [3.63, 3.8) is 0 Å². The first-order chi connectivity index (χ1) is 22.4. The number of thiazole rings is 1. The first-order valence-corrected chi connectivity index (χ1v) is 17.2. The summed E-state index contributed by atoms with van der Waals surface area (Å²) >= 11 is 1.43. The van der Waals surface area contributed by atoms with Crippen LogP contribution in [0.4, 0.5) is 5.13 Å². The van der Waals surface area contributed by atoms with Gasteiger partial charge in [0.05, 0.1) is 28.8 Å². The summed E-state index contributed by atoms with van der Waals surface area (Å²) in [5.74, 6) is 0.571. The van der Waals surface area contributed by atoms with Crippen molar-refractivity contribution in [2.75, 3.05) is 44.8 Å². The van der Waals surface area contributed by atoms with Gasteiger partial charge in [0, 0.05) is 38.8 Å². The molecule has 0 bridgehead atoms. The average Bonchev–Trinajstić information content (AvgIpc) is 3.45. The quantitative estimate of drug-likeness (QED) is 0.328. The Morgan fingerprint density at radius 1 is 1.13 bits per heavy atom. The van der Waals surface area contributed by atoms with Crippen molar-refractivity contribution in [1.82, 2.24) is 20.5 Å². The minimum atomic E-state index is -0.680. The van der Waals surface area contributed by atoms with E-state index in [9.17, 15) is 14.4 Å². The Morgan fingerprint density at radius 3 is 2.76 bits per heavy atom. The SMILES string of the molecule is CCOc1ccc2nc(NC(=O)CN3CC[C@@H]4NC(=O)[C@H](Cc5ccccc5)NC(=O)C5(CC=CC[C@H]4C3)CCOCC5)sc2c1. The fourth-order valence-corrected chi connectivity index (χ4v) is 7.69. The maximum absolute atomic E-state index is 13.8. The number of rotatable bonds is 7. The molecular formula is C35H43N5O5S.